The van der Waals surface area contributed by atoms with E-state index in [9.17, 15) is 34.8 Å². The van der Waals surface area contributed by atoms with E-state index in [1.165, 1.54) is 6.07 Å². The van der Waals surface area contributed by atoms with Crippen LogP contribution < -0.4 is 0 Å². The van der Waals surface area contributed by atoms with Crippen LogP contribution in [0.5, 0.6) is 17.2 Å². The highest BCUT2D eigenvalue weighted by atomic mass is 16.4. The number of aromatic carboxylic acids is 1. The molecule has 28 heavy (non-hydrogen) atoms. The van der Waals surface area contributed by atoms with Gasteiger partial charge < -0.3 is 20.4 Å². The summed E-state index contributed by atoms with van der Waals surface area (Å²) in [5.41, 5.74) is -0.554. The molecule has 0 aromatic heterocycles. The van der Waals surface area contributed by atoms with Gasteiger partial charge in [-0.1, -0.05) is 18.6 Å². The van der Waals surface area contributed by atoms with Crippen molar-refractivity contribution >= 4 is 17.5 Å². The first-order valence-corrected chi connectivity index (χ1v) is 8.62. The first-order valence-electron chi connectivity index (χ1n) is 8.62. The molecule has 1 aliphatic carbocycles. The van der Waals surface area contributed by atoms with Crippen LogP contribution in [0.1, 0.15) is 68.0 Å². The van der Waals surface area contributed by atoms with Crippen LogP contribution in [0.2, 0.25) is 0 Å². The van der Waals surface area contributed by atoms with Gasteiger partial charge in [0.25, 0.3) is 0 Å². The van der Waals surface area contributed by atoms with Crippen LogP contribution in [0.15, 0.2) is 29.8 Å². The van der Waals surface area contributed by atoms with Crippen LogP contribution in [0.3, 0.4) is 0 Å². The highest BCUT2D eigenvalue weighted by molar-refractivity contribution is 6.31. The summed E-state index contributed by atoms with van der Waals surface area (Å²) in [6, 6.07) is 3.25. The third-order valence-corrected chi connectivity index (χ3v) is 4.92. The molecule has 0 saturated heterocycles. The molecular formula is C21H18O7. The average Bonchev–Trinajstić information content (AvgIpc) is 2.62. The average molecular weight is 382 g/mol. The van der Waals surface area contributed by atoms with Crippen molar-refractivity contribution in [1.82, 2.24) is 0 Å². The standard InChI is InChI=1S/C21H18O7/c1-3-9(4-2)5-10-6-12-17(19(25)15(10)21(27)28)20(26)16-13(18(12)24)7-11(22)8-14(16)23/h3,6-8,22-23,25H,4-5H2,1-2H3,(H,27,28)/b9-3+. The summed E-state index contributed by atoms with van der Waals surface area (Å²) < 4.78 is 0. The molecule has 1 aliphatic rings. The molecule has 2 aromatic carbocycles. The smallest absolute Gasteiger partial charge is 0.339 e. The van der Waals surface area contributed by atoms with E-state index < -0.39 is 45.9 Å². The van der Waals surface area contributed by atoms with E-state index in [-0.39, 0.29) is 28.7 Å². The van der Waals surface area contributed by atoms with Crippen molar-refractivity contribution in [2.24, 2.45) is 0 Å². The van der Waals surface area contributed by atoms with Crippen LogP contribution in [0.25, 0.3) is 0 Å². The van der Waals surface area contributed by atoms with Crippen LogP contribution in [-0.4, -0.2) is 38.0 Å². The highest BCUT2D eigenvalue weighted by Gasteiger charge is 2.37. The fourth-order valence-corrected chi connectivity index (χ4v) is 3.49. The monoisotopic (exact) mass is 382 g/mol. The molecule has 0 radical (unpaired) electrons. The van der Waals surface area contributed by atoms with Gasteiger partial charge in [-0.15, -0.1) is 0 Å². The number of hydrogen-bond acceptors (Lipinski definition) is 6. The van der Waals surface area contributed by atoms with Crippen molar-refractivity contribution in [3.05, 3.63) is 63.2 Å². The van der Waals surface area contributed by atoms with Gasteiger partial charge in [-0.3, -0.25) is 9.59 Å². The van der Waals surface area contributed by atoms with Gasteiger partial charge in [0, 0.05) is 17.2 Å². The molecular weight excluding hydrogens is 364 g/mol. The number of phenols is 3. The molecule has 0 saturated carbocycles. The normalized spacial score (nSPS) is 13.3. The van der Waals surface area contributed by atoms with Crippen LogP contribution >= 0.6 is 0 Å². The number of carbonyl (C=O) groups is 3. The summed E-state index contributed by atoms with van der Waals surface area (Å²) >= 11 is 0. The lowest BCUT2D eigenvalue weighted by molar-refractivity contribution is 0.0692. The zero-order valence-corrected chi connectivity index (χ0v) is 15.2. The highest BCUT2D eigenvalue weighted by Crippen LogP contribution is 2.41. The van der Waals surface area contributed by atoms with Crippen LogP contribution in [0, 0.1) is 0 Å². The third-order valence-electron chi connectivity index (χ3n) is 4.92. The summed E-state index contributed by atoms with van der Waals surface area (Å²) in [6.45, 7) is 3.69. The summed E-state index contributed by atoms with van der Waals surface area (Å²) in [7, 11) is 0. The predicted octanol–water partition coefficient (Wildman–Crippen LogP) is 3.18. The first kappa shape index (κ1) is 19.2. The lowest BCUT2D eigenvalue weighted by Crippen LogP contribution is -2.23. The molecule has 0 fully saturated rings. The third kappa shape index (κ3) is 2.81. The molecule has 4 N–H and O–H groups in total. The fourth-order valence-electron chi connectivity index (χ4n) is 3.49. The fraction of sp³-hybridized carbons (Fsp3) is 0.190. The largest absolute Gasteiger partial charge is 0.508 e. The maximum absolute atomic E-state index is 12.9. The van der Waals surface area contributed by atoms with Gasteiger partial charge in [0.1, 0.15) is 22.8 Å². The minimum Gasteiger partial charge on any atom is -0.508 e. The van der Waals surface area contributed by atoms with Crippen molar-refractivity contribution in [2.75, 3.05) is 0 Å². The Hall–Kier alpha value is -3.61. The van der Waals surface area contributed by atoms with Gasteiger partial charge in [0.15, 0.2) is 5.78 Å². The predicted molar refractivity (Wildman–Crippen MR) is 99.5 cm³/mol. The number of hydrogen-bond donors (Lipinski definition) is 4. The van der Waals surface area contributed by atoms with Gasteiger partial charge in [-0.25, -0.2) is 4.79 Å². The molecule has 0 spiro atoms. The molecule has 144 valence electrons. The Labute approximate surface area is 160 Å². The molecule has 0 atom stereocenters. The Bertz CT molecular complexity index is 1080. The van der Waals surface area contributed by atoms with E-state index >= 15 is 0 Å². The van der Waals surface area contributed by atoms with Crippen molar-refractivity contribution < 1.29 is 34.8 Å². The molecule has 0 heterocycles. The number of fused-ring (bicyclic) bond motifs is 2. The number of carbonyl (C=O) groups excluding carboxylic acids is 2. The van der Waals surface area contributed by atoms with Crippen molar-refractivity contribution in [3.63, 3.8) is 0 Å². The molecule has 0 aliphatic heterocycles. The van der Waals surface area contributed by atoms with Crippen LogP contribution in [0.4, 0.5) is 0 Å². The maximum Gasteiger partial charge on any atom is 0.339 e. The number of phenolic OH excluding ortho intramolecular Hbond substituents is 2. The number of allylic oxidation sites excluding steroid dienone is 2. The van der Waals surface area contributed by atoms with E-state index in [2.05, 4.69) is 0 Å². The second-order valence-electron chi connectivity index (χ2n) is 6.51. The number of aromatic hydroxyl groups is 3. The minimum atomic E-state index is -1.43. The topological polar surface area (TPSA) is 132 Å². The Kier molecular flexibility index (Phi) is 4.68. The quantitative estimate of drug-likeness (QED) is 0.510. The molecule has 3 rings (SSSR count). The Morgan fingerprint density at radius 3 is 2.21 bits per heavy atom. The van der Waals surface area contributed by atoms with Gasteiger partial charge in [-0.05, 0) is 37.5 Å². The Morgan fingerprint density at radius 2 is 1.64 bits per heavy atom. The molecule has 0 unspecified atom stereocenters. The number of carboxylic acid groups (broad SMARTS) is 1. The van der Waals surface area contributed by atoms with E-state index in [4.69, 9.17) is 0 Å². The van der Waals surface area contributed by atoms with Gasteiger partial charge in [-0.2, -0.15) is 0 Å². The number of ketones is 2. The molecule has 7 heteroatoms. The second-order valence-corrected chi connectivity index (χ2v) is 6.51. The molecule has 0 amide bonds. The lowest BCUT2D eigenvalue weighted by Gasteiger charge is -2.22. The first-order chi connectivity index (χ1) is 13.2. The Balaban J connectivity index is 2.33. The summed E-state index contributed by atoms with van der Waals surface area (Å²) in [5.74, 6) is -4.82. The summed E-state index contributed by atoms with van der Waals surface area (Å²) in [4.78, 5) is 37.6. The molecule has 7 nitrogen and oxygen atoms in total. The zero-order valence-electron chi connectivity index (χ0n) is 15.2. The summed E-state index contributed by atoms with van der Waals surface area (Å²) in [5, 5.41) is 39.9. The van der Waals surface area contributed by atoms with Crippen molar-refractivity contribution in [2.45, 2.75) is 26.7 Å². The molecule has 2 aromatic rings. The van der Waals surface area contributed by atoms with Crippen LogP contribution in [-0.2, 0) is 6.42 Å². The van der Waals surface area contributed by atoms with E-state index in [0.717, 1.165) is 17.7 Å². The maximum atomic E-state index is 12.9. The number of carboxylic acids is 1. The van der Waals surface area contributed by atoms with E-state index in [1.807, 2.05) is 13.0 Å². The minimum absolute atomic E-state index is 0.161. The van der Waals surface area contributed by atoms with Crippen molar-refractivity contribution in [1.29, 1.82) is 0 Å². The van der Waals surface area contributed by atoms with Gasteiger partial charge in [0.05, 0.1) is 11.1 Å². The number of rotatable bonds is 4. The number of benzene rings is 2. The van der Waals surface area contributed by atoms with Crippen molar-refractivity contribution in [3.8, 4) is 17.2 Å². The zero-order chi connectivity index (χ0) is 20.7. The van der Waals surface area contributed by atoms with Gasteiger partial charge >= 0.3 is 5.97 Å². The SMILES string of the molecule is C/C=C(\CC)Cc1cc2c(c(O)c1C(=O)O)C(=O)c1c(O)cc(O)cc1C2=O. The van der Waals surface area contributed by atoms with E-state index in [1.54, 1.807) is 6.92 Å². The van der Waals surface area contributed by atoms with E-state index in [0.29, 0.717) is 6.42 Å². The lowest BCUT2D eigenvalue weighted by atomic mass is 9.80. The summed E-state index contributed by atoms with van der Waals surface area (Å²) in [6.07, 6.45) is 2.65. The Morgan fingerprint density at radius 1 is 1.00 bits per heavy atom. The van der Waals surface area contributed by atoms with Gasteiger partial charge in [0.2, 0.25) is 5.78 Å². The molecule has 0 bridgehead atoms. The second kappa shape index (κ2) is 6.84.